The van der Waals surface area contributed by atoms with E-state index in [9.17, 15) is 4.79 Å². The maximum absolute atomic E-state index is 11.6. The number of benzene rings is 1. The first kappa shape index (κ1) is 12.1. The van der Waals surface area contributed by atoms with E-state index in [-0.39, 0.29) is 5.91 Å². The summed E-state index contributed by atoms with van der Waals surface area (Å²) in [6.07, 6.45) is 0. The van der Waals surface area contributed by atoms with Crippen molar-refractivity contribution in [2.75, 3.05) is 12.3 Å². The number of carbonyl (C=O) groups is 1. The molecule has 1 amide bonds. The van der Waals surface area contributed by atoms with E-state index >= 15 is 0 Å². The van der Waals surface area contributed by atoms with Crippen molar-refractivity contribution in [1.29, 1.82) is 0 Å². The molecule has 3 N–H and O–H groups in total. The molecule has 1 aromatic carbocycles. The first-order valence-electron chi connectivity index (χ1n) is 4.17. The quantitative estimate of drug-likeness (QED) is 0.840. The first-order chi connectivity index (χ1) is 7.00. The zero-order valence-electron chi connectivity index (χ0n) is 7.89. The van der Waals surface area contributed by atoms with Crippen LogP contribution in [0.1, 0.15) is 10.4 Å². The molecule has 0 radical (unpaired) electrons. The van der Waals surface area contributed by atoms with Gasteiger partial charge in [-0.25, -0.2) is 0 Å². The summed E-state index contributed by atoms with van der Waals surface area (Å²) < 4.78 is 0.691. The number of carbonyl (C=O) groups excluding carboxylic acids is 1. The monoisotopic (exact) mass is 288 g/mol. The Balaban J connectivity index is 2.81. The molecule has 0 spiro atoms. The van der Waals surface area contributed by atoms with Crippen LogP contribution in [0.4, 0.5) is 5.69 Å². The number of amides is 1. The van der Waals surface area contributed by atoms with Gasteiger partial charge in [-0.1, -0.05) is 34.1 Å². The standard InChI is InChI=1S/C10H10BrClN2O/c1-6(11)5-14-10(15)8-4-7(12)2-3-9(8)13/h2-4H,1,5,13H2,(H,14,15). The Morgan fingerprint density at radius 1 is 1.60 bits per heavy atom. The van der Waals surface area contributed by atoms with Crippen molar-refractivity contribution in [3.8, 4) is 0 Å². The van der Waals surface area contributed by atoms with Crippen molar-refractivity contribution in [3.63, 3.8) is 0 Å². The van der Waals surface area contributed by atoms with Crippen LogP contribution in [0, 0.1) is 0 Å². The van der Waals surface area contributed by atoms with E-state index in [0.29, 0.717) is 27.3 Å². The molecular weight excluding hydrogens is 279 g/mol. The van der Waals surface area contributed by atoms with Crippen LogP contribution in [0.25, 0.3) is 0 Å². The van der Waals surface area contributed by atoms with Crippen molar-refractivity contribution in [2.24, 2.45) is 0 Å². The lowest BCUT2D eigenvalue weighted by Crippen LogP contribution is -2.25. The number of nitrogens with one attached hydrogen (secondary N) is 1. The number of halogens is 2. The second-order valence-electron chi connectivity index (χ2n) is 2.93. The third kappa shape index (κ3) is 3.57. The molecule has 15 heavy (non-hydrogen) atoms. The van der Waals surface area contributed by atoms with Gasteiger partial charge in [0.25, 0.3) is 5.91 Å². The molecule has 1 rings (SSSR count). The zero-order valence-corrected chi connectivity index (χ0v) is 10.2. The summed E-state index contributed by atoms with van der Waals surface area (Å²) in [5.41, 5.74) is 6.41. The fourth-order valence-electron chi connectivity index (χ4n) is 0.997. The molecule has 0 aliphatic rings. The number of rotatable bonds is 3. The van der Waals surface area contributed by atoms with Crippen molar-refractivity contribution in [2.45, 2.75) is 0 Å². The number of hydrogen-bond acceptors (Lipinski definition) is 2. The molecular formula is C10H10BrClN2O. The average molecular weight is 290 g/mol. The third-order valence-corrected chi connectivity index (χ3v) is 2.22. The summed E-state index contributed by atoms with van der Waals surface area (Å²) in [5.74, 6) is -0.268. The first-order valence-corrected chi connectivity index (χ1v) is 5.34. The Kier molecular flexibility index (Phi) is 4.17. The molecule has 0 atom stereocenters. The molecule has 0 saturated heterocycles. The minimum absolute atomic E-state index is 0.268. The normalized spacial score (nSPS) is 9.73. The number of nitrogens with two attached hydrogens (primary N) is 1. The van der Waals surface area contributed by atoms with Gasteiger partial charge in [-0.3, -0.25) is 4.79 Å². The topological polar surface area (TPSA) is 55.1 Å². The van der Waals surface area contributed by atoms with Gasteiger partial charge in [-0.05, 0) is 18.2 Å². The number of anilines is 1. The van der Waals surface area contributed by atoms with Crippen LogP contribution in [0.15, 0.2) is 29.3 Å². The van der Waals surface area contributed by atoms with E-state index in [1.165, 1.54) is 6.07 Å². The van der Waals surface area contributed by atoms with Crippen LogP contribution in [-0.2, 0) is 0 Å². The van der Waals surface area contributed by atoms with Gasteiger partial charge in [-0.2, -0.15) is 0 Å². The molecule has 0 unspecified atom stereocenters. The fraction of sp³-hybridized carbons (Fsp3) is 0.100. The highest BCUT2D eigenvalue weighted by Crippen LogP contribution is 2.17. The molecule has 0 fully saturated rings. The van der Waals surface area contributed by atoms with Crippen molar-refractivity contribution < 1.29 is 4.79 Å². The summed E-state index contributed by atoms with van der Waals surface area (Å²) in [6, 6.07) is 4.76. The fourth-order valence-corrected chi connectivity index (χ4v) is 1.31. The van der Waals surface area contributed by atoms with Gasteiger partial charge in [0.2, 0.25) is 0 Å². The van der Waals surface area contributed by atoms with Gasteiger partial charge in [0.05, 0.1) is 5.56 Å². The van der Waals surface area contributed by atoms with Gasteiger partial charge in [0, 0.05) is 21.7 Å². The Bertz CT molecular complexity index is 406. The van der Waals surface area contributed by atoms with Crippen LogP contribution < -0.4 is 11.1 Å². The second-order valence-corrected chi connectivity index (χ2v) is 4.49. The maximum atomic E-state index is 11.6. The smallest absolute Gasteiger partial charge is 0.253 e. The Morgan fingerprint density at radius 2 is 2.27 bits per heavy atom. The maximum Gasteiger partial charge on any atom is 0.253 e. The minimum atomic E-state index is -0.268. The number of hydrogen-bond donors (Lipinski definition) is 2. The minimum Gasteiger partial charge on any atom is -0.398 e. The van der Waals surface area contributed by atoms with Crippen LogP contribution >= 0.6 is 27.5 Å². The molecule has 3 nitrogen and oxygen atoms in total. The van der Waals surface area contributed by atoms with Crippen molar-refractivity contribution in [3.05, 3.63) is 39.8 Å². The largest absolute Gasteiger partial charge is 0.398 e. The summed E-state index contributed by atoms with van der Waals surface area (Å²) in [5, 5.41) is 3.12. The predicted octanol–water partition coefficient (Wildman–Crippen LogP) is 2.56. The second kappa shape index (κ2) is 5.19. The van der Waals surface area contributed by atoms with Crippen LogP contribution in [0.5, 0.6) is 0 Å². The summed E-state index contributed by atoms with van der Waals surface area (Å²) in [4.78, 5) is 11.6. The van der Waals surface area contributed by atoms with Gasteiger partial charge >= 0.3 is 0 Å². The third-order valence-electron chi connectivity index (χ3n) is 1.70. The molecule has 0 bridgehead atoms. The van der Waals surface area contributed by atoms with E-state index in [1.54, 1.807) is 12.1 Å². The van der Waals surface area contributed by atoms with E-state index in [4.69, 9.17) is 17.3 Å². The van der Waals surface area contributed by atoms with Gasteiger partial charge < -0.3 is 11.1 Å². The lowest BCUT2D eigenvalue weighted by atomic mass is 10.1. The van der Waals surface area contributed by atoms with E-state index < -0.39 is 0 Å². The van der Waals surface area contributed by atoms with Crippen molar-refractivity contribution >= 4 is 39.1 Å². The van der Waals surface area contributed by atoms with E-state index in [2.05, 4.69) is 27.8 Å². The van der Waals surface area contributed by atoms with E-state index in [0.717, 1.165) is 0 Å². The summed E-state index contributed by atoms with van der Waals surface area (Å²) in [6.45, 7) is 3.96. The number of nitrogen functional groups attached to an aromatic ring is 1. The lowest BCUT2D eigenvalue weighted by molar-refractivity contribution is 0.0958. The SMILES string of the molecule is C=C(Br)CNC(=O)c1cc(Cl)ccc1N. The molecule has 0 aliphatic heterocycles. The highest BCUT2D eigenvalue weighted by Gasteiger charge is 2.09. The molecule has 0 aliphatic carbocycles. The van der Waals surface area contributed by atoms with Gasteiger partial charge in [0.15, 0.2) is 0 Å². The lowest BCUT2D eigenvalue weighted by Gasteiger charge is -2.06. The summed E-state index contributed by atoms with van der Waals surface area (Å²) >= 11 is 8.90. The predicted molar refractivity (Wildman–Crippen MR) is 66.3 cm³/mol. The average Bonchev–Trinajstić information content (AvgIpc) is 2.18. The van der Waals surface area contributed by atoms with Crippen LogP contribution in [0.2, 0.25) is 5.02 Å². The molecule has 0 aromatic heterocycles. The molecule has 0 saturated carbocycles. The van der Waals surface area contributed by atoms with Crippen molar-refractivity contribution in [1.82, 2.24) is 5.32 Å². The van der Waals surface area contributed by atoms with Crippen LogP contribution in [-0.4, -0.2) is 12.5 Å². The zero-order chi connectivity index (χ0) is 11.4. The van der Waals surface area contributed by atoms with Crippen LogP contribution in [0.3, 0.4) is 0 Å². The molecule has 5 heteroatoms. The molecule has 0 heterocycles. The Hall–Kier alpha value is -1.00. The Labute approximate surface area is 101 Å². The highest BCUT2D eigenvalue weighted by molar-refractivity contribution is 9.11. The van der Waals surface area contributed by atoms with Gasteiger partial charge in [0.1, 0.15) is 0 Å². The highest BCUT2D eigenvalue weighted by atomic mass is 79.9. The molecule has 80 valence electrons. The summed E-state index contributed by atoms with van der Waals surface area (Å²) in [7, 11) is 0. The van der Waals surface area contributed by atoms with Gasteiger partial charge in [-0.15, -0.1) is 0 Å². The molecule has 1 aromatic rings. The Morgan fingerprint density at radius 3 is 2.87 bits per heavy atom. The van der Waals surface area contributed by atoms with E-state index in [1.807, 2.05) is 0 Å².